The quantitative estimate of drug-likeness (QED) is 0.215. The van der Waals surface area contributed by atoms with Gasteiger partial charge in [0.1, 0.15) is 12.1 Å². The lowest BCUT2D eigenvalue weighted by Crippen LogP contribution is -2.55. The van der Waals surface area contributed by atoms with E-state index < -0.39 is 41.8 Å². The summed E-state index contributed by atoms with van der Waals surface area (Å²) < 4.78 is 0. The van der Waals surface area contributed by atoms with Crippen LogP contribution in [-0.2, 0) is 19.2 Å². The predicted molar refractivity (Wildman–Crippen MR) is 85.6 cm³/mol. The number of hydrogen-bond acceptors (Lipinski definition) is 7. The van der Waals surface area contributed by atoms with E-state index >= 15 is 0 Å². The van der Waals surface area contributed by atoms with Gasteiger partial charge in [0, 0.05) is 17.9 Å². The van der Waals surface area contributed by atoms with E-state index in [1.54, 1.807) is 0 Å². The monoisotopic (exact) mass is 352 g/mol. The van der Waals surface area contributed by atoms with Crippen LogP contribution in [0.4, 0.5) is 0 Å². The second kappa shape index (κ2) is 10.3. The van der Waals surface area contributed by atoms with Gasteiger partial charge in [-0.2, -0.15) is 25.3 Å². The minimum atomic E-state index is -1.24. The predicted octanol–water partition coefficient (Wildman–Crippen LogP) is -2.51. The first-order chi connectivity index (χ1) is 10.2. The Kier molecular flexibility index (Phi) is 9.61. The fourth-order valence-electron chi connectivity index (χ4n) is 1.36. The Morgan fingerprint density at radius 1 is 1.00 bits per heavy atom. The number of aliphatic carboxylic acids is 1. The number of rotatable bonds is 10. The summed E-state index contributed by atoms with van der Waals surface area (Å²) in [6.45, 7) is 0. The number of carbonyl (C=O) groups is 4. The lowest BCUT2D eigenvalue weighted by Gasteiger charge is -2.20. The van der Waals surface area contributed by atoms with Crippen LogP contribution in [0, 0.1) is 0 Å². The molecule has 0 bridgehead atoms. The average molecular weight is 352 g/mol. The zero-order valence-corrected chi connectivity index (χ0v) is 13.5. The van der Waals surface area contributed by atoms with E-state index in [2.05, 4.69) is 35.9 Å². The molecule has 3 atom stereocenters. The third-order valence-corrected chi connectivity index (χ3v) is 3.38. The van der Waals surface area contributed by atoms with Gasteiger partial charge in [-0.3, -0.25) is 14.4 Å². The Balaban J connectivity index is 4.57. The van der Waals surface area contributed by atoms with Crippen molar-refractivity contribution in [1.29, 1.82) is 0 Å². The lowest BCUT2D eigenvalue weighted by atomic mass is 10.1. The maximum Gasteiger partial charge on any atom is 0.327 e. The van der Waals surface area contributed by atoms with Crippen molar-refractivity contribution in [2.24, 2.45) is 11.5 Å². The van der Waals surface area contributed by atoms with E-state index in [-0.39, 0.29) is 24.3 Å². The van der Waals surface area contributed by atoms with Gasteiger partial charge in [0.05, 0.1) is 6.04 Å². The third kappa shape index (κ3) is 7.52. The van der Waals surface area contributed by atoms with Crippen LogP contribution in [0.25, 0.3) is 0 Å². The molecular formula is C11H20N4O5S2. The van der Waals surface area contributed by atoms with E-state index in [9.17, 15) is 19.2 Å². The van der Waals surface area contributed by atoms with Gasteiger partial charge in [-0.05, 0) is 6.42 Å². The number of carbonyl (C=O) groups excluding carboxylic acids is 3. The average Bonchev–Trinajstić information content (AvgIpc) is 2.46. The molecule has 3 unspecified atom stereocenters. The maximum absolute atomic E-state index is 11.9. The largest absolute Gasteiger partial charge is 0.480 e. The molecule has 0 aromatic heterocycles. The second-order valence-electron chi connectivity index (χ2n) is 4.44. The molecule has 9 nitrogen and oxygen atoms in total. The molecular weight excluding hydrogens is 332 g/mol. The summed E-state index contributed by atoms with van der Waals surface area (Å²) in [5.74, 6) is -3.37. The minimum Gasteiger partial charge on any atom is -0.480 e. The smallest absolute Gasteiger partial charge is 0.327 e. The zero-order valence-electron chi connectivity index (χ0n) is 11.7. The van der Waals surface area contributed by atoms with Crippen LogP contribution in [0.1, 0.15) is 12.8 Å². The molecule has 0 aliphatic carbocycles. The van der Waals surface area contributed by atoms with Crippen molar-refractivity contribution in [2.45, 2.75) is 31.0 Å². The van der Waals surface area contributed by atoms with Crippen molar-refractivity contribution in [3.8, 4) is 0 Å². The second-order valence-corrected chi connectivity index (χ2v) is 5.17. The van der Waals surface area contributed by atoms with Crippen LogP contribution in [0.5, 0.6) is 0 Å². The molecule has 11 heteroatoms. The number of nitrogens with two attached hydrogens (primary N) is 2. The highest BCUT2D eigenvalue weighted by Crippen LogP contribution is 1.98. The zero-order chi connectivity index (χ0) is 17.3. The molecule has 0 spiro atoms. The van der Waals surface area contributed by atoms with Crippen LogP contribution in [0.2, 0.25) is 0 Å². The lowest BCUT2D eigenvalue weighted by molar-refractivity contribution is -0.141. The molecule has 0 aliphatic heterocycles. The SMILES string of the molecule is NC(=O)CCC(N)C(=O)NC(CS)C(=O)NC(CS)C(=O)O. The van der Waals surface area contributed by atoms with E-state index in [1.807, 2.05) is 0 Å². The van der Waals surface area contributed by atoms with E-state index in [1.165, 1.54) is 0 Å². The van der Waals surface area contributed by atoms with Gasteiger partial charge < -0.3 is 27.2 Å². The Morgan fingerprint density at radius 2 is 1.50 bits per heavy atom. The summed E-state index contributed by atoms with van der Waals surface area (Å²) in [5, 5.41) is 13.4. The standard InChI is InChI=1S/C11H20N4O5S2/c12-5(1-2-8(13)16)9(17)14-6(3-21)10(18)15-7(4-22)11(19)20/h5-7,21-22H,1-4,12H2,(H2,13,16)(H,14,17)(H,15,18)(H,19,20). The molecule has 22 heavy (non-hydrogen) atoms. The fourth-order valence-corrected chi connectivity index (χ4v) is 1.86. The molecule has 0 aromatic rings. The molecule has 0 aromatic carbocycles. The molecule has 7 N–H and O–H groups in total. The topological polar surface area (TPSA) is 165 Å². The summed E-state index contributed by atoms with van der Waals surface area (Å²) in [7, 11) is 0. The number of primary amides is 1. The summed E-state index contributed by atoms with van der Waals surface area (Å²) in [5.41, 5.74) is 10.5. The van der Waals surface area contributed by atoms with Gasteiger partial charge in [-0.1, -0.05) is 0 Å². The van der Waals surface area contributed by atoms with E-state index in [0.29, 0.717) is 0 Å². The number of thiol groups is 2. The third-order valence-electron chi connectivity index (χ3n) is 2.65. The van der Waals surface area contributed by atoms with Crippen LogP contribution >= 0.6 is 25.3 Å². The molecule has 0 saturated carbocycles. The molecule has 0 fully saturated rings. The fraction of sp³-hybridized carbons (Fsp3) is 0.636. The van der Waals surface area contributed by atoms with Gasteiger partial charge >= 0.3 is 5.97 Å². The number of carboxylic acid groups (broad SMARTS) is 1. The highest BCUT2D eigenvalue weighted by Gasteiger charge is 2.26. The molecule has 0 rings (SSSR count). The first-order valence-electron chi connectivity index (χ1n) is 6.32. The van der Waals surface area contributed by atoms with Crippen LogP contribution in [-0.4, -0.2) is 58.4 Å². The number of hydrogen-bond donors (Lipinski definition) is 7. The Hall–Kier alpha value is -1.46. The van der Waals surface area contributed by atoms with Crippen molar-refractivity contribution in [3.63, 3.8) is 0 Å². The molecule has 0 radical (unpaired) electrons. The number of amides is 3. The summed E-state index contributed by atoms with van der Waals surface area (Å²) >= 11 is 7.74. The molecule has 3 amide bonds. The van der Waals surface area contributed by atoms with Crippen LogP contribution in [0.15, 0.2) is 0 Å². The van der Waals surface area contributed by atoms with Gasteiger partial charge in [-0.15, -0.1) is 0 Å². The Bertz CT molecular complexity index is 435. The van der Waals surface area contributed by atoms with Crippen molar-refractivity contribution < 1.29 is 24.3 Å². The van der Waals surface area contributed by atoms with Crippen LogP contribution < -0.4 is 22.1 Å². The Morgan fingerprint density at radius 3 is 1.91 bits per heavy atom. The van der Waals surface area contributed by atoms with Crippen LogP contribution in [0.3, 0.4) is 0 Å². The Labute approximate surface area is 138 Å². The first-order valence-corrected chi connectivity index (χ1v) is 7.58. The van der Waals surface area contributed by atoms with Crippen molar-refractivity contribution in [2.75, 3.05) is 11.5 Å². The number of carboxylic acids is 1. The van der Waals surface area contributed by atoms with E-state index in [0.717, 1.165) is 0 Å². The van der Waals surface area contributed by atoms with E-state index in [4.69, 9.17) is 16.6 Å². The van der Waals surface area contributed by atoms with Gasteiger partial charge in [-0.25, -0.2) is 4.79 Å². The van der Waals surface area contributed by atoms with Gasteiger partial charge in [0.15, 0.2) is 0 Å². The van der Waals surface area contributed by atoms with Crippen molar-refractivity contribution in [1.82, 2.24) is 10.6 Å². The molecule has 126 valence electrons. The summed E-state index contributed by atoms with van der Waals surface area (Å²) in [4.78, 5) is 45.1. The van der Waals surface area contributed by atoms with Crippen molar-refractivity contribution in [3.05, 3.63) is 0 Å². The highest BCUT2D eigenvalue weighted by atomic mass is 32.1. The molecule has 0 saturated heterocycles. The highest BCUT2D eigenvalue weighted by molar-refractivity contribution is 7.80. The summed E-state index contributed by atoms with van der Waals surface area (Å²) in [6.07, 6.45) is -0.0243. The summed E-state index contributed by atoms with van der Waals surface area (Å²) in [6, 6.07) is -3.25. The minimum absolute atomic E-state index is 0.0382. The maximum atomic E-state index is 11.9. The van der Waals surface area contributed by atoms with Gasteiger partial charge in [0.25, 0.3) is 0 Å². The van der Waals surface area contributed by atoms with Gasteiger partial charge in [0.2, 0.25) is 17.7 Å². The molecule has 0 heterocycles. The molecule has 0 aliphatic rings. The van der Waals surface area contributed by atoms with Crippen molar-refractivity contribution >= 4 is 48.9 Å². The first kappa shape index (κ1) is 20.5. The normalized spacial score (nSPS) is 14.5. The number of nitrogens with one attached hydrogen (secondary N) is 2.